The summed E-state index contributed by atoms with van der Waals surface area (Å²) in [5, 5.41) is 2.87. The summed E-state index contributed by atoms with van der Waals surface area (Å²) in [4.78, 5) is 12.4. The van der Waals surface area contributed by atoms with Gasteiger partial charge in [0.15, 0.2) is 0 Å². The van der Waals surface area contributed by atoms with Crippen LogP contribution in [-0.2, 0) is 20.6 Å². The molecule has 2 aromatic rings. The molecule has 6 nitrogen and oxygen atoms in total. The van der Waals surface area contributed by atoms with Crippen LogP contribution in [0.1, 0.15) is 29.5 Å². The minimum Gasteiger partial charge on any atom is -0.491 e. The Balaban J connectivity index is 1.42. The summed E-state index contributed by atoms with van der Waals surface area (Å²) in [6, 6.07) is 11.8. The highest BCUT2D eigenvalue weighted by atomic mass is 32.2. The molecule has 1 aliphatic heterocycles. The van der Waals surface area contributed by atoms with E-state index in [2.05, 4.69) is 5.32 Å². The molecule has 0 atom stereocenters. The van der Waals surface area contributed by atoms with Gasteiger partial charge >= 0.3 is 0 Å². The fraction of sp³-hybridized carbons (Fsp3) is 0.435. The lowest BCUT2D eigenvalue weighted by atomic mass is 9.97. The molecule has 0 aliphatic carbocycles. The van der Waals surface area contributed by atoms with Gasteiger partial charge in [-0.15, -0.1) is 0 Å². The number of ether oxygens (including phenoxy) is 1. The number of nitrogens with one attached hydrogen (secondary N) is 1. The molecule has 8 heteroatoms. The van der Waals surface area contributed by atoms with Crippen molar-refractivity contribution in [2.45, 2.75) is 32.4 Å². The van der Waals surface area contributed by atoms with Crippen LogP contribution >= 0.6 is 0 Å². The highest BCUT2D eigenvalue weighted by molar-refractivity contribution is 7.88. The van der Waals surface area contributed by atoms with E-state index in [1.54, 1.807) is 6.07 Å². The van der Waals surface area contributed by atoms with Gasteiger partial charge in [-0.05, 0) is 44.4 Å². The molecule has 0 unspecified atom stereocenters. The first-order chi connectivity index (χ1) is 14.8. The summed E-state index contributed by atoms with van der Waals surface area (Å²) in [5.74, 6) is -0.417. The van der Waals surface area contributed by atoms with Crippen LogP contribution in [0.15, 0.2) is 42.5 Å². The van der Waals surface area contributed by atoms with Gasteiger partial charge in [0.25, 0.3) is 0 Å². The summed E-state index contributed by atoms with van der Waals surface area (Å²) in [6.07, 6.45) is 0.889. The van der Waals surface area contributed by atoms with Crippen LogP contribution in [0, 0.1) is 25.6 Å². The lowest BCUT2D eigenvalue weighted by Gasteiger charge is -2.30. The fourth-order valence-electron chi connectivity index (χ4n) is 3.74. The molecule has 1 fully saturated rings. The van der Waals surface area contributed by atoms with Crippen LogP contribution in [0.5, 0.6) is 5.75 Å². The second-order valence-corrected chi connectivity index (χ2v) is 9.90. The Hall–Kier alpha value is -2.45. The molecule has 1 N–H and O–H groups in total. The molecule has 0 bridgehead atoms. The molecular formula is C23H29FN2O4S. The van der Waals surface area contributed by atoms with E-state index in [1.807, 2.05) is 32.0 Å². The van der Waals surface area contributed by atoms with E-state index in [0.717, 1.165) is 11.3 Å². The number of carbonyl (C=O) groups excluding carboxylic acids is 1. The Morgan fingerprint density at radius 2 is 1.87 bits per heavy atom. The van der Waals surface area contributed by atoms with Crippen LogP contribution < -0.4 is 10.1 Å². The van der Waals surface area contributed by atoms with Gasteiger partial charge in [-0.1, -0.05) is 35.9 Å². The molecule has 168 valence electrons. The van der Waals surface area contributed by atoms with Gasteiger partial charge in [0, 0.05) is 24.6 Å². The summed E-state index contributed by atoms with van der Waals surface area (Å²) in [7, 11) is -3.63. The SMILES string of the molecule is Cc1ccc(OCCNC(=O)C2CCN(S(=O)(=O)Cc3ccccc3F)CC2)c(C)c1. The molecule has 1 saturated heterocycles. The second kappa shape index (κ2) is 10.2. The molecule has 0 saturated carbocycles. The zero-order valence-corrected chi connectivity index (χ0v) is 18.8. The second-order valence-electron chi connectivity index (χ2n) is 7.93. The molecular weight excluding hydrogens is 419 g/mol. The van der Waals surface area contributed by atoms with Crippen LogP contribution in [0.4, 0.5) is 4.39 Å². The number of amides is 1. The maximum Gasteiger partial charge on any atom is 0.223 e. The van der Waals surface area contributed by atoms with E-state index in [4.69, 9.17) is 4.74 Å². The predicted octanol–water partition coefficient (Wildman–Crippen LogP) is 3.18. The van der Waals surface area contributed by atoms with E-state index >= 15 is 0 Å². The number of hydrogen-bond donors (Lipinski definition) is 1. The zero-order valence-electron chi connectivity index (χ0n) is 17.9. The summed E-state index contributed by atoms with van der Waals surface area (Å²) in [5.41, 5.74) is 2.38. The molecule has 0 spiro atoms. The quantitative estimate of drug-likeness (QED) is 0.630. The highest BCUT2D eigenvalue weighted by Gasteiger charge is 2.31. The van der Waals surface area contributed by atoms with Crippen molar-refractivity contribution in [3.8, 4) is 5.75 Å². The first kappa shape index (κ1) is 23.2. The number of hydrogen-bond acceptors (Lipinski definition) is 4. The van der Waals surface area contributed by atoms with Crippen molar-refractivity contribution in [2.24, 2.45) is 5.92 Å². The number of sulfonamides is 1. The van der Waals surface area contributed by atoms with Gasteiger partial charge in [-0.2, -0.15) is 0 Å². The third-order valence-electron chi connectivity index (χ3n) is 5.50. The van der Waals surface area contributed by atoms with E-state index in [1.165, 1.54) is 28.1 Å². The van der Waals surface area contributed by atoms with Crippen LogP contribution in [-0.4, -0.2) is 44.9 Å². The molecule has 3 rings (SSSR count). The van der Waals surface area contributed by atoms with E-state index in [0.29, 0.717) is 26.0 Å². The maximum absolute atomic E-state index is 13.8. The molecule has 1 aliphatic rings. The highest BCUT2D eigenvalue weighted by Crippen LogP contribution is 2.23. The van der Waals surface area contributed by atoms with Crippen molar-refractivity contribution in [1.82, 2.24) is 9.62 Å². The fourth-order valence-corrected chi connectivity index (χ4v) is 5.32. The van der Waals surface area contributed by atoms with Gasteiger partial charge in [-0.3, -0.25) is 4.79 Å². The van der Waals surface area contributed by atoms with Crippen molar-refractivity contribution in [1.29, 1.82) is 0 Å². The molecule has 1 heterocycles. The Bertz CT molecular complexity index is 1020. The van der Waals surface area contributed by atoms with Crippen molar-refractivity contribution in [2.75, 3.05) is 26.2 Å². The lowest BCUT2D eigenvalue weighted by Crippen LogP contribution is -2.44. The smallest absolute Gasteiger partial charge is 0.223 e. The first-order valence-electron chi connectivity index (χ1n) is 10.5. The third-order valence-corrected chi connectivity index (χ3v) is 7.33. The van der Waals surface area contributed by atoms with Crippen molar-refractivity contribution in [3.63, 3.8) is 0 Å². The van der Waals surface area contributed by atoms with E-state index < -0.39 is 15.8 Å². The Morgan fingerprint density at radius 1 is 1.16 bits per heavy atom. The number of piperidine rings is 1. The minimum absolute atomic E-state index is 0.0876. The number of aryl methyl sites for hydroxylation is 2. The molecule has 31 heavy (non-hydrogen) atoms. The summed E-state index contributed by atoms with van der Waals surface area (Å²) < 4.78 is 46.1. The number of carbonyl (C=O) groups is 1. The van der Waals surface area contributed by atoms with Gasteiger partial charge in [0.2, 0.25) is 15.9 Å². The number of benzene rings is 2. The first-order valence-corrected chi connectivity index (χ1v) is 12.1. The van der Waals surface area contributed by atoms with Gasteiger partial charge < -0.3 is 10.1 Å². The Morgan fingerprint density at radius 3 is 2.55 bits per heavy atom. The number of halogens is 1. The topological polar surface area (TPSA) is 75.7 Å². The van der Waals surface area contributed by atoms with Crippen molar-refractivity contribution < 1.29 is 22.3 Å². The largest absolute Gasteiger partial charge is 0.491 e. The summed E-state index contributed by atoms with van der Waals surface area (Å²) >= 11 is 0. The van der Waals surface area contributed by atoms with E-state index in [9.17, 15) is 17.6 Å². The average molecular weight is 449 g/mol. The molecule has 0 radical (unpaired) electrons. The third kappa shape index (κ3) is 6.27. The maximum atomic E-state index is 13.8. The lowest BCUT2D eigenvalue weighted by molar-refractivity contribution is -0.126. The summed E-state index contributed by atoms with van der Waals surface area (Å²) in [6.45, 7) is 5.27. The van der Waals surface area contributed by atoms with E-state index in [-0.39, 0.29) is 36.2 Å². The number of nitrogens with zero attached hydrogens (tertiary/aromatic N) is 1. The Labute approximate surface area is 183 Å². The van der Waals surface area contributed by atoms with Crippen LogP contribution in [0.3, 0.4) is 0 Å². The molecule has 0 aromatic heterocycles. The van der Waals surface area contributed by atoms with Crippen LogP contribution in [0.2, 0.25) is 0 Å². The normalized spacial score (nSPS) is 15.6. The van der Waals surface area contributed by atoms with Gasteiger partial charge in [0.1, 0.15) is 18.2 Å². The minimum atomic E-state index is -3.63. The van der Waals surface area contributed by atoms with Gasteiger partial charge in [0.05, 0.1) is 12.3 Å². The number of rotatable bonds is 8. The van der Waals surface area contributed by atoms with Crippen molar-refractivity contribution in [3.05, 3.63) is 65.0 Å². The van der Waals surface area contributed by atoms with Crippen LogP contribution in [0.25, 0.3) is 0 Å². The standard InChI is InChI=1S/C23H29FN2O4S/c1-17-7-8-22(18(2)15-17)30-14-11-25-23(27)19-9-12-26(13-10-19)31(28,29)16-20-5-3-4-6-21(20)24/h3-8,15,19H,9-14,16H2,1-2H3,(H,25,27). The van der Waals surface area contributed by atoms with Gasteiger partial charge in [-0.25, -0.2) is 17.1 Å². The predicted molar refractivity (Wildman–Crippen MR) is 118 cm³/mol. The average Bonchev–Trinajstić information content (AvgIpc) is 2.74. The van der Waals surface area contributed by atoms with Crippen molar-refractivity contribution >= 4 is 15.9 Å². The monoisotopic (exact) mass is 448 g/mol. The molecule has 1 amide bonds. The molecule has 2 aromatic carbocycles. The Kier molecular flexibility index (Phi) is 7.67. The zero-order chi connectivity index (χ0) is 22.4.